The van der Waals surface area contributed by atoms with Crippen molar-refractivity contribution in [2.45, 2.75) is 25.8 Å². The van der Waals surface area contributed by atoms with Crippen molar-refractivity contribution in [2.24, 2.45) is 0 Å². The number of hydrogen-bond acceptors (Lipinski definition) is 5. The first kappa shape index (κ1) is 16.6. The molecule has 0 aliphatic carbocycles. The van der Waals surface area contributed by atoms with Crippen LogP contribution in [-0.2, 0) is 14.6 Å². The van der Waals surface area contributed by atoms with Crippen LogP contribution in [0.5, 0.6) is 11.5 Å². The van der Waals surface area contributed by atoms with Crippen LogP contribution >= 0.6 is 0 Å². The number of ether oxygens (including phenoxy) is 2. The lowest BCUT2D eigenvalue weighted by Crippen LogP contribution is -2.41. The number of amides is 1. The molecule has 1 aromatic carbocycles. The summed E-state index contributed by atoms with van der Waals surface area (Å²) in [6.07, 6.45) is 0.771. The van der Waals surface area contributed by atoms with Crippen molar-refractivity contribution < 1.29 is 22.7 Å². The van der Waals surface area contributed by atoms with Crippen LogP contribution in [0.3, 0.4) is 0 Å². The van der Waals surface area contributed by atoms with Gasteiger partial charge in [0.25, 0.3) is 0 Å². The molecule has 1 fully saturated rings. The van der Waals surface area contributed by atoms with Crippen molar-refractivity contribution in [3.63, 3.8) is 0 Å². The van der Waals surface area contributed by atoms with Gasteiger partial charge in [-0.2, -0.15) is 0 Å². The molecule has 1 saturated heterocycles. The summed E-state index contributed by atoms with van der Waals surface area (Å²) in [5, 5.41) is 0. The summed E-state index contributed by atoms with van der Waals surface area (Å²) < 4.78 is 33.9. The van der Waals surface area contributed by atoms with Crippen LogP contribution in [0.2, 0.25) is 0 Å². The van der Waals surface area contributed by atoms with Gasteiger partial charge in [-0.1, -0.05) is 6.92 Å². The predicted octanol–water partition coefficient (Wildman–Crippen LogP) is 1.63. The number of hydrogen-bond donors (Lipinski definition) is 0. The maximum absolute atomic E-state index is 12.3. The standard InChI is InChI=1S/C15H21NO5S/c1-4-15(17)16(12-7-8-22(18,19)10-12)11-5-6-13(20-2)14(9-11)21-3/h5-6,9,12H,4,7-8,10H2,1-3H3. The molecule has 0 bridgehead atoms. The quantitative estimate of drug-likeness (QED) is 0.822. The minimum atomic E-state index is -3.07. The first-order chi connectivity index (χ1) is 10.4. The Morgan fingerprint density at radius 1 is 1.27 bits per heavy atom. The van der Waals surface area contributed by atoms with Gasteiger partial charge >= 0.3 is 0 Å². The van der Waals surface area contributed by atoms with Gasteiger partial charge in [0.15, 0.2) is 21.3 Å². The number of sulfone groups is 1. The minimum Gasteiger partial charge on any atom is -0.493 e. The fourth-order valence-corrected chi connectivity index (χ4v) is 4.38. The Balaban J connectivity index is 2.40. The molecule has 0 spiro atoms. The Hall–Kier alpha value is -1.76. The van der Waals surface area contributed by atoms with E-state index in [0.717, 1.165) is 0 Å². The average Bonchev–Trinajstić information content (AvgIpc) is 2.86. The van der Waals surface area contributed by atoms with Gasteiger partial charge in [-0.25, -0.2) is 8.42 Å². The Labute approximate surface area is 130 Å². The zero-order valence-electron chi connectivity index (χ0n) is 13.0. The van der Waals surface area contributed by atoms with Gasteiger partial charge in [-0.3, -0.25) is 4.79 Å². The van der Waals surface area contributed by atoms with Gasteiger partial charge in [0.2, 0.25) is 5.91 Å². The smallest absolute Gasteiger partial charge is 0.226 e. The number of benzene rings is 1. The van der Waals surface area contributed by atoms with Crippen molar-refractivity contribution in [1.82, 2.24) is 0 Å². The molecule has 0 aromatic heterocycles. The summed E-state index contributed by atoms with van der Waals surface area (Å²) in [5.74, 6) is 1.10. The molecule has 22 heavy (non-hydrogen) atoms. The lowest BCUT2D eigenvalue weighted by molar-refractivity contribution is -0.118. The van der Waals surface area contributed by atoms with Gasteiger partial charge in [0.05, 0.1) is 31.8 Å². The van der Waals surface area contributed by atoms with Crippen molar-refractivity contribution in [3.05, 3.63) is 18.2 Å². The highest BCUT2D eigenvalue weighted by Gasteiger charge is 2.35. The van der Waals surface area contributed by atoms with Gasteiger partial charge in [0.1, 0.15) is 0 Å². The van der Waals surface area contributed by atoms with Crippen molar-refractivity contribution in [1.29, 1.82) is 0 Å². The lowest BCUT2D eigenvalue weighted by Gasteiger charge is -2.28. The maximum Gasteiger partial charge on any atom is 0.226 e. The summed E-state index contributed by atoms with van der Waals surface area (Å²) in [6.45, 7) is 1.76. The second-order valence-corrected chi connectivity index (χ2v) is 7.44. The summed E-state index contributed by atoms with van der Waals surface area (Å²) in [4.78, 5) is 13.9. The van der Waals surface area contributed by atoms with Crippen LogP contribution in [0, 0.1) is 0 Å². The Morgan fingerprint density at radius 3 is 2.45 bits per heavy atom. The predicted molar refractivity (Wildman–Crippen MR) is 84.4 cm³/mol. The molecule has 1 amide bonds. The molecule has 6 nitrogen and oxygen atoms in total. The average molecular weight is 327 g/mol. The third kappa shape index (κ3) is 3.35. The highest BCUT2D eigenvalue weighted by molar-refractivity contribution is 7.91. The van der Waals surface area contributed by atoms with Crippen molar-refractivity contribution in [3.8, 4) is 11.5 Å². The summed E-state index contributed by atoms with van der Waals surface area (Å²) >= 11 is 0. The molecule has 0 N–H and O–H groups in total. The van der Waals surface area contributed by atoms with E-state index < -0.39 is 9.84 Å². The van der Waals surface area contributed by atoms with Gasteiger partial charge in [-0.05, 0) is 18.6 Å². The maximum atomic E-state index is 12.3. The van der Waals surface area contributed by atoms with Crippen molar-refractivity contribution >= 4 is 21.4 Å². The molecule has 1 unspecified atom stereocenters. The van der Waals surface area contributed by atoms with Crippen molar-refractivity contribution in [2.75, 3.05) is 30.6 Å². The molecule has 122 valence electrons. The zero-order chi connectivity index (χ0) is 16.3. The van der Waals surface area contributed by atoms with E-state index in [9.17, 15) is 13.2 Å². The molecular formula is C15H21NO5S. The molecular weight excluding hydrogens is 306 g/mol. The number of methoxy groups -OCH3 is 2. The lowest BCUT2D eigenvalue weighted by atomic mass is 10.1. The zero-order valence-corrected chi connectivity index (χ0v) is 13.9. The van der Waals surface area contributed by atoms with Crippen LogP contribution in [0.1, 0.15) is 19.8 Å². The Morgan fingerprint density at radius 2 is 1.95 bits per heavy atom. The van der Waals surface area contributed by atoms with Crippen LogP contribution < -0.4 is 14.4 Å². The molecule has 1 aliphatic rings. The second kappa shape index (κ2) is 6.56. The van der Waals surface area contributed by atoms with E-state index in [1.807, 2.05) is 0 Å². The number of rotatable bonds is 5. The summed E-state index contributed by atoms with van der Waals surface area (Å²) in [7, 11) is -0.00936. The molecule has 1 atom stereocenters. The summed E-state index contributed by atoms with van der Waals surface area (Å²) in [6, 6.07) is 4.85. The third-order valence-corrected chi connectivity index (χ3v) is 5.54. The second-order valence-electron chi connectivity index (χ2n) is 5.21. The van der Waals surface area contributed by atoms with E-state index in [-0.39, 0.29) is 23.5 Å². The number of carbonyl (C=O) groups excluding carboxylic acids is 1. The number of anilines is 1. The highest BCUT2D eigenvalue weighted by atomic mass is 32.2. The van der Waals surface area contributed by atoms with Gasteiger partial charge in [0, 0.05) is 18.2 Å². The van der Waals surface area contributed by atoms with E-state index in [1.54, 1.807) is 30.0 Å². The van der Waals surface area contributed by atoms with E-state index in [2.05, 4.69) is 0 Å². The molecule has 0 saturated carbocycles. The minimum absolute atomic E-state index is 0.00703. The van der Waals surface area contributed by atoms with Gasteiger partial charge < -0.3 is 14.4 Å². The van der Waals surface area contributed by atoms with Gasteiger partial charge in [-0.15, -0.1) is 0 Å². The first-order valence-electron chi connectivity index (χ1n) is 7.16. The van der Waals surface area contributed by atoms with Crippen LogP contribution in [0.15, 0.2) is 18.2 Å². The molecule has 7 heteroatoms. The van der Waals surface area contributed by atoms with E-state index in [4.69, 9.17) is 9.47 Å². The molecule has 1 heterocycles. The van der Waals surface area contributed by atoms with E-state index >= 15 is 0 Å². The third-order valence-electron chi connectivity index (χ3n) is 3.79. The largest absolute Gasteiger partial charge is 0.493 e. The topological polar surface area (TPSA) is 72.9 Å². The summed E-state index contributed by atoms with van der Waals surface area (Å²) in [5.41, 5.74) is 0.631. The first-order valence-corrected chi connectivity index (χ1v) is 8.98. The monoisotopic (exact) mass is 327 g/mol. The van der Waals surface area contributed by atoms with Crippen LogP contribution in [-0.4, -0.2) is 46.1 Å². The van der Waals surface area contributed by atoms with Crippen LogP contribution in [0.25, 0.3) is 0 Å². The molecule has 1 aromatic rings. The SMILES string of the molecule is CCC(=O)N(c1ccc(OC)c(OC)c1)C1CCS(=O)(=O)C1. The normalized spacial score (nSPS) is 19.7. The van der Waals surface area contributed by atoms with E-state index in [0.29, 0.717) is 30.0 Å². The van der Waals surface area contributed by atoms with E-state index in [1.165, 1.54) is 14.2 Å². The number of carbonyl (C=O) groups is 1. The Kier molecular flexibility index (Phi) is 4.95. The number of nitrogens with zero attached hydrogens (tertiary/aromatic N) is 1. The highest BCUT2D eigenvalue weighted by Crippen LogP contribution is 2.34. The molecule has 2 rings (SSSR count). The molecule has 1 aliphatic heterocycles. The van der Waals surface area contributed by atoms with Crippen LogP contribution in [0.4, 0.5) is 5.69 Å². The Bertz CT molecular complexity index is 656. The molecule has 0 radical (unpaired) electrons. The fourth-order valence-electron chi connectivity index (χ4n) is 2.68. The fraction of sp³-hybridized carbons (Fsp3) is 0.533.